The number of carbonyl (C=O) groups is 2. The molecule has 1 amide bonds. The second kappa shape index (κ2) is 8.36. The molecule has 2 N–H and O–H groups in total. The van der Waals surface area contributed by atoms with E-state index in [9.17, 15) is 14.7 Å². The van der Waals surface area contributed by atoms with Crippen LogP contribution in [0.4, 0.5) is 5.69 Å². The van der Waals surface area contributed by atoms with Crippen molar-refractivity contribution in [1.29, 1.82) is 0 Å². The minimum Gasteiger partial charge on any atom is -0.386 e. The number of aromatic nitrogens is 3. The van der Waals surface area contributed by atoms with Crippen molar-refractivity contribution in [2.75, 3.05) is 5.32 Å². The van der Waals surface area contributed by atoms with Crippen LogP contribution in [0.2, 0.25) is 0 Å². The standard InChI is InChI=1S/C25H24N4O3/c1-16(30)27-20-6-4-5-18(13-20)22-14-21(28-24-11-12-26-29(22)24)15-23(31)17-7-9-19(10-8-17)25(2,3)32/h4-14,32H,15H2,1-3H3,(H,27,30). The van der Waals surface area contributed by atoms with Gasteiger partial charge < -0.3 is 10.4 Å². The maximum absolute atomic E-state index is 12.9. The van der Waals surface area contributed by atoms with E-state index in [1.54, 1.807) is 54.9 Å². The summed E-state index contributed by atoms with van der Waals surface area (Å²) in [6, 6.07) is 18.1. The zero-order valence-electron chi connectivity index (χ0n) is 18.2. The van der Waals surface area contributed by atoms with E-state index in [-0.39, 0.29) is 18.1 Å². The SMILES string of the molecule is CC(=O)Nc1cccc(-c2cc(CC(=O)c3ccc(C(C)(C)O)cc3)nc3ccnn23)c1. The summed E-state index contributed by atoms with van der Waals surface area (Å²) in [4.78, 5) is 28.9. The van der Waals surface area contributed by atoms with E-state index in [1.165, 1.54) is 6.92 Å². The Kier molecular flexibility index (Phi) is 5.59. The lowest BCUT2D eigenvalue weighted by molar-refractivity contribution is -0.114. The van der Waals surface area contributed by atoms with Gasteiger partial charge in [-0.15, -0.1) is 0 Å². The number of hydrogen-bond acceptors (Lipinski definition) is 5. The van der Waals surface area contributed by atoms with Gasteiger partial charge in [-0.05, 0) is 37.6 Å². The van der Waals surface area contributed by atoms with Crippen LogP contribution in [0.3, 0.4) is 0 Å². The number of aliphatic hydroxyl groups is 1. The fourth-order valence-corrected chi connectivity index (χ4v) is 3.55. The average molecular weight is 428 g/mol. The van der Waals surface area contributed by atoms with Crippen LogP contribution in [0.5, 0.6) is 0 Å². The first kappa shape index (κ1) is 21.4. The van der Waals surface area contributed by atoms with Gasteiger partial charge in [0, 0.05) is 29.8 Å². The fraction of sp³-hybridized carbons (Fsp3) is 0.200. The number of ketones is 1. The van der Waals surface area contributed by atoms with E-state index in [0.717, 1.165) is 16.8 Å². The summed E-state index contributed by atoms with van der Waals surface area (Å²) in [5.74, 6) is -0.218. The maximum Gasteiger partial charge on any atom is 0.221 e. The Morgan fingerprint density at radius 2 is 1.81 bits per heavy atom. The van der Waals surface area contributed by atoms with E-state index in [1.807, 2.05) is 30.3 Å². The Hall–Kier alpha value is -3.84. The summed E-state index contributed by atoms with van der Waals surface area (Å²) in [5.41, 5.74) is 3.88. The highest BCUT2D eigenvalue weighted by Crippen LogP contribution is 2.25. The number of nitrogens with one attached hydrogen (secondary N) is 1. The van der Waals surface area contributed by atoms with Gasteiger partial charge in [-0.1, -0.05) is 36.4 Å². The molecule has 0 unspecified atom stereocenters. The van der Waals surface area contributed by atoms with Crippen molar-refractivity contribution in [2.24, 2.45) is 0 Å². The summed E-state index contributed by atoms with van der Waals surface area (Å²) in [5, 5.41) is 17.3. The molecule has 32 heavy (non-hydrogen) atoms. The number of fused-ring (bicyclic) bond motifs is 1. The second-order valence-electron chi connectivity index (χ2n) is 8.23. The average Bonchev–Trinajstić information content (AvgIpc) is 3.21. The highest BCUT2D eigenvalue weighted by Gasteiger charge is 2.17. The number of nitrogens with zero attached hydrogens (tertiary/aromatic N) is 3. The summed E-state index contributed by atoms with van der Waals surface area (Å²) in [6.45, 7) is 4.87. The van der Waals surface area contributed by atoms with Gasteiger partial charge in [0.25, 0.3) is 0 Å². The van der Waals surface area contributed by atoms with Crippen LogP contribution in [-0.2, 0) is 16.8 Å². The van der Waals surface area contributed by atoms with Crippen LogP contribution in [0, 0.1) is 0 Å². The van der Waals surface area contributed by atoms with Crippen molar-refractivity contribution < 1.29 is 14.7 Å². The first-order valence-electron chi connectivity index (χ1n) is 10.3. The van der Waals surface area contributed by atoms with Crippen LogP contribution in [0.25, 0.3) is 16.9 Å². The van der Waals surface area contributed by atoms with E-state index in [4.69, 9.17) is 0 Å². The smallest absolute Gasteiger partial charge is 0.221 e. The van der Waals surface area contributed by atoms with Crippen LogP contribution < -0.4 is 5.32 Å². The van der Waals surface area contributed by atoms with Crippen LogP contribution in [-0.4, -0.2) is 31.4 Å². The molecule has 0 bridgehead atoms. The lowest BCUT2D eigenvalue weighted by Crippen LogP contribution is -2.15. The molecule has 7 heteroatoms. The van der Waals surface area contributed by atoms with E-state index >= 15 is 0 Å². The van der Waals surface area contributed by atoms with Gasteiger partial charge in [0.15, 0.2) is 11.4 Å². The molecule has 0 fully saturated rings. The molecule has 0 aliphatic carbocycles. The van der Waals surface area contributed by atoms with E-state index in [2.05, 4.69) is 15.4 Å². The summed E-state index contributed by atoms with van der Waals surface area (Å²) in [6.07, 6.45) is 1.78. The van der Waals surface area contributed by atoms with Crippen molar-refractivity contribution in [2.45, 2.75) is 32.8 Å². The Balaban J connectivity index is 1.66. The monoisotopic (exact) mass is 428 g/mol. The predicted molar refractivity (Wildman–Crippen MR) is 122 cm³/mol. The zero-order valence-corrected chi connectivity index (χ0v) is 18.2. The van der Waals surface area contributed by atoms with E-state index < -0.39 is 5.60 Å². The first-order valence-corrected chi connectivity index (χ1v) is 10.3. The molecular weight excluding hydrogens is 404 g/mol. The largest absolute Gasteiger partial charge is 0.386 e. The molecule has 162 valence electrons. The molecule has 4 aromatic rings. The quantitative estimate of drug-likeness (QED) is 0.453. The lowest BCUT2D eigenvalue weighted by atomic mass is 9.96. The normalized spacial score (nSPS) is 11.5. The summed E-state index contributed by atoms with van der Waals surface area (Å²) < 4.78 is 1.71. The van der Waals surface area contributed by atoms with Gasteiger partial charge in [-0.25, -0.2) is 9.50 Å². The molecule has 0 aliphatic heterocycles. The fourth-order valence-electron chi connectivity index (χ4n) is 3.55. The van der Waals surface area contributed by atoms with Gasteiger partial charge in [0.1, 0.15) is 0 Å². The second-order valence-corrected chi connectivity index (χ2v) is 8.23. The molecule has 2 aromatic heterocycles. The molecule has 0 aliphatic rings. The molecule has 0 saturated heterocycles. The Morgan fingerprint density at radius 3 is 2.50 bits per heavy atom. The van der Waals surface area contributed by atoms with Crippen molar-refractivity contribution >= 4 is 23.0 Å². The van der Waals surface area contributed by atoms with Gasteiger partial charge >= 0.3 is 0 Å². The number of benzene rings is 2. The van der Waals surface area contributed by atoms with Crippen LogP contribution in [0.15, 0.2) is 66.9 Å². The Bertz CT molecular complexity index is 1300. The van der Waals surface area contributed by atoms with Crippen LogP contribution >= 0.6 is 0 Å². The topological polar surface area (TPSA) is 96.6 Å². The van der Waals surface area contributed by atoms with Crippen molar-refractivity contribution in [3.8, 4) is 11.3 Å². The van der Waals surface area contributed by atoms with Gasteiger partial charge in [0.2, 0.25) is 5.91 Å². The number of carbonyl (C=O) groups excluding carboxylic acids is 2. The minimum atomic E-state index is -0.961. The number of hydrogen-bond donors (Lipinski definition) is 2. The molecule has 4 rings (SSSR count). The molecule has 7 nitrogen and oxygen atoms in total. The number of Topliss-reactive ketones (excluding diaryl/α,β-unsaturated/α-hetero) is 1. The molecule has 0 spiro atoms. The maximum atomic E-state index is 12.9. The van der Waals surface area contributed by atoms with Crippen molar-refractivity contribution in [3.63, 3.8) is 0 Å². The first-order chi connectivity index (χ1) is 15.2. The number of anilines is 1. The Labute approximate surface area is 185 Å². The molecule has 2 heterocycles. The molecule has 0 saturated carbocycles. The molecule has 2 aromatic carbocycles. The molecular formula is C25H24N4O3. The van der Waals surface area contributed by atoms with Crippen molar-refractivity contribution in [1.82, 2.24) is 14.6 Å². The lowest BCUT2D eigenvalue weighted by Gasteiger charge is -2.17. The third-order valence-corrected chi connectivity index (χ3v) is 5.15. The van der Waals surface area contributed by atoms with E-state index in [0.29, 0.717) is 22.6 Å². The van der Waals surface area contributed by atoms with Crippen LogP contribution in [0.1, 0.15) is 42.4 Å². The van der Waals surface area contributed by atoms with Gasteiger partial charge in [-0.2, -0.15) is 5.10 Å². The van der Waals surface area contributed by atoms with Gasteiger partial charge in [-0.3, -0.25) is 9.59 Å². The number of amides is 1. The van der Waals surface area contributed by atoms with Crippen molar-refractivity contribution in [3.05, 3.63) is 83.7 Å². The number of rotatable bonds is 6. The highest BCUT2D eigenvalue weighted by molar-refractivity contribution is 5.97. The third kappa shape index (κ3) is 4.58. The minimum absolute atomic E-state index is 0.0680. The molecule has 0 atom stereocenters. The Morgan fingerprint density at radius 1 is 1.06 bits per heavy atom. The van der Waals surface area contributed by atoms with Gasteiger partial charge in [0.05, 0.1) is 29.6 Å². The third-order valence-electron chi connectivity index (χ3n) is 5.15. The predicted octanol–water partition coefficient (Wildman–Crippen LogP) is 4.01. The summed E-state index contributed by atoms with van der Waals surface area (Å²) >= 11 is 0. The highest BCUT2D eigenvalue weighted by atomic mass is 16.3. The zero-order chi connectivity index (χ0) is 22.9. The summed E-state index contributed by atoms with van der Waals surface area (Å²) in [7, 11) is 0. The molecule has 0 radical (unpaired) electrons.